The van der Waals surface area contributed by atoms with Gasteiger partial charge in [-0.25, -0.2) is 15.0 Å². The Kier molecular flexibility index (Phi) is 2.45. The van der Waals surface area contributed by atoms with E-state index in [1.807, 2.05) is 17.7 Å². The van der Waals surface area contributed by atoms with Gasteiger partial charge in [-0.1, -0.05) is 18.5 Å². The van der Waals surface area contributed by atoms with Gasteiger partial charge >= 0.3 is 0 Å². The summed E-state index contributed by atoms with van der Waals surface area (Å²) in [6, 6.07) is 0. The molecule has 2 rings (SSSR count). The van der Waals surface area contributed by atoms with E-state index in [2.05, 4.69) is 15.0 Å². The molecule has 4 nitrogen and oxygen atoms in total. The molecule has 14 heavy (non-hydrogen) atoms. The van der Waals surface area contributed by atoms with Crippen LogP contribution in [-0.2, 0) is 6.42 Å². The Morgan fingerprint density at radius 1 is 1.43 bits per heavy atom. The van der Waals surface area contributed by atoms with Crippen LogP contribution in [0, 0.1) is 0 Å². The van der Waals surface area contributed by atoms with Gasteiger partial charge in [-0.15, -0.1) is 0 Å². The topological polar surface area (TPSA) is 43.6 Å². The van der Waals surface area contributed by atoms with Gasteiger partial charge in [-0.3, -0.25) is 4.57 Å². The number of rotatable bonds is 2. The largest absolute Gasteiger partial charge is 0.290 e. The summed E-state index contributed by atoms with van der Waals surface area (Å²) in [7, 11) is 0. The summed E-state index contributed by atoms with van der Waals surface area (Å²) >= 11 is 5.96. The summed E-state index contributed by atoms with van der Waals surface area (Å²) in [5.74, 6) is 0.796. The molecule has 0 radical (unpaired) electrons. The van der Waals surface area contributed by atoms with Crippen molar-refractivity contribution in [3.8, 4) is 5.82 Å². The number of aromatic nitrogens is 4. The summed E-state index contributed by atoms with van der Waals surface area (Å²) in [5, 5.41) is 0.506. The van der Waals surface area contributed by atoms with Crippen LogP contribution in [0.4, 0.5) is 0 Å². The first-order valence-corrected chi connectivity index (χ1v) is 4.68. The number of nitrogens with zero attached hydrogens (tertiary/aromatic N) is 4. The first-order chi connectivity index (χ1) is 6.83. The predicted molar refractivity (Wildman–Crippen MR) is 53.5 cm³/mol. The Hall–Kier alpha value is -1.42. The highest BCUT2D eigenvalue weighted by molar-refractivity contribution is 6.30. The van der Waals surface area contributed by atoms with E-state index in [9.17, 15) is 0 Å². The van der Waals surface area contributed by atoms with Crippen LogP contribution in [0.3, 0.4) is 0 Å². The first kappa shape index (κ1) is 9.15. The lowest BCUT2D eigenvalue weighted by atomic mass is 10.2. The van der Waals surface area contributed by atoms with Crippen molar-refractivity contribution in [2.45, 2.75) is 13.3 Å². The van der Waals surface area contributed by atoms with Crippen LogP contribution in [0.5, 0.6) is 0 Å². The molecule has 0 amide bonds. The molecule has 0 aliphatic carbocycles. The third-order valence-corrected chi connectivity index (χ3v) is 2.30. The highest BCUT2D eigenvalue weighted by Crippen LogP contribution is 2.18. The second kappa shape index (κ2) is 3.75. The molecule has 0 unspecified atom stereocenters. The van der Waals surface area contributed by atoms with E-state index in [0.717, 1.165) is 17.8 Å². The van der Waals surface area contributed by atoms with Crippen LogP contribution in [0.2, 0.25) is 5.15 Å². The second-order valence-electron chi connectivity index (χ2n) is 2.79. The Balaban J connectivity index is 2.58. The molecule has 0 N–H and O–H groups in total. The van der Waals surface area contributed by atoms with E-state index in [1.54, 1.807) is 12.5 Å². The van der Waals surface area contributed by atoms with Gasteiger partial charge in [0.25, 0.3) is 0 Å². The maximum atomic E-state index is 5.96. The fourth-order valence-electron chi connectivity index (χ4n) is 1.29. The average Bonchev–Trinajstić information content (AvgIpc) is 2.70. The van der Waals surface area contributed by atoms with Crippen molar-refractivity contribution < 1.29 is 0 Å². The normalized spacial score (nSPS) is 10.4. The van der Waals surface area contributed by atoms with Crippen molar-refractivity contribution in [1.29, 1.82) is 0 Å². The van der Waals surface area contributed by atoms with E-state index in [0.29, 0.717) is 5.15 Å². The minimum Gasteiger partial charge on any atom is -0.290 e. The van der Waals surface area contributed by atoms with E-state index in [1.165, 1.54) is 6.33 Å². The zero-order chi connectivity index (χ0) is 9.97. The van der Waals surface area contributed by atoms with Crippen LogP contribution in [0.25, 0.3) is 5.82 Å². The zero-order valence-corrected chi connectivity index (χ0v) is 8.44. The van der Waals surface area contributed by atoms with E-state index in [-0.39, 0.29) is 0 Å². The van der Waals surface area contributed by atoms with Crippen molar-refractivity contribution >= 4 is 11.6 Å². The smallest absolute Gasteiger partial charge is 0.145 e. The molecule has 0 spiro atoms. The van der Waals surface area contributed by atoms with E-state index >= 15 is 0 Å². The molecule has 0 bridgehead atoms. The summed E-state index contributed by atoms with van der Waals surface area (Å²) in [4.78, 5) is 12.1. The van der Waals surface area contributed by atoms with Crippen LogP contribution >= 0.6 is 11.6 Å². The first-order valence-electron chi connectivity index (χ1n) is 4.30. The third kappa shape index (κ3) is 1.48. The number of hydrogen-bond donors (Lipinski definition) is 0. The molecule has 2 aromatic rings. The van der Waals surface area contributed by atoms with Gasteiger partial charge in [0.2, 0.25) is 0 Å². The Morgan fingerprint density at radius 2 is 2.29 bits per heavy atom. The molecule has 0 aliphatic rings. The monoisotopic (exact) mass is 208 g/mol. The molecule has 0 aliphatic heterocycles. The van der Waals surface area contributed by atoms with Gasteiger partial charge in [0.1, 0.15) is 23.6 Å². The maximum absolute atomic E-state index is 5.96. The van der Waals surface area contributed by atoms with Crippen LogP contribution < -0.4 is 0 Å². The molecule has 2 aromatic heterocycles. The van der Waals surface area contributed by atoms with E-state index in [4.69, 9.17) is 11.6 Å². The molecule has 0 atom stereocenters. The Bertz CT molecular complexity index is 424. The minimum absolute atomic E-state index is 0.506. The lowest BCUT2D eigenvalue weighted by Gasteiger charge is -2.07. The van der Waals surface area contributed by atoms with Gasteiger partial charge in [-0.2, -0.15) is 0 Å². The van der Waals surface area contributed by atoms with Crippen molar-refractivity contribution in [3.63, 3.8) is 0 Å². The predicted octanol–water partition coefficient (Wildman–Crippen LogP) is 1.88. The Labute approximate surface area is 86.6 Å². The lowest BCUT2D eigenvalue weighted by Crippen LogP contribution is -2.02. The lowest BCUT2D eigenvalue weighted by molar-refractivity contribution is 0.921. The van der Waals surface area contributed by atoms with Gasteiger partial charge < -0.3 is 0 Å². The summed E-state index contributed by atoms with van der Waals surface area (Å²) < 4.78 is 1.83. The SMILES string of the molecule is CCc1c(Cl)ncnc1-n1ccnc1. The van der Waals surface area contributed by atoms with Crippen molar-refractivity contribution in [3.05, 3.63) is 35.8 Å². The summed E-state index contributed by atoms with van der Waals surface area (Å²) in [6.07, 6.45) is 7.48. The number of halogens is 1. The van der Waals surface area contributed by atoms with Crippen LogP contribution in [0.1, 0.15) is 12.5 Å². The van der Waals surface area contributed by atoms with Crippen molar-refractivity contribution in [2.24, 2.45) is 0 Å². The Morgan fingerprint density at radius 3 is 2.93 bits per heavy atom. The van der Waals surface area contributed by atoms with Crippen LogP contribution in [0.15, 0.2) is 25.0 Å². The van der Waals surface area contributed by atoms with Crippen molar-refractivity contribution in [2.75, 3.05) is 0 Å². The minimum atomic E-state index is 0.506. The van der Waals surface area contributed by atoms with Gasteiger partial charge in [0.05, 0.1) is 0 Å². The standard InChI is InChI=1S/C9H9ClN4/c1-2-7-8(10)12-5-13-9(7)14-4-3-11-6-14/h3-6H,2H2,1H3. The van der Waals surface area contributed by atoms with Gasteiger partial charge in [0.15, 0.2) is 0 Å². The molecular formula is C9H9ClN4. The fraction of sp³-hybridized carbons (Fsp3) is 0.222. The van der Waals surface area contributed by atoms with Crippen LogP contribution in [-0.4, -0.2) is 19.5 Å². The number of hydrogen-bond acceptors (Lipinski definition) is 3. The maximum Gasteiger partial charge on any atom is 0.145 e. The molecule has 72 valence electrons. The average molecular weight is 209 g/mol. The molecule has 0 saturated carbocycles. The zero-order valence-electron chi connectivity index (χ0n) is 7.68. The fourth-order valence-corrected chi connectivity index (χ4v) is 1.56. The highest BCUT2D eigenvalue weighted by Gasteiger charge is 2.08. The quantitative estimate of drug-likeness (QED) is 0.708. The van der Waals surface area contributed by atoms with Gasteiger partial charge in [-0.05, 0) is 6.42 Å². The van der Waals surface area contributed by atoms with E-state index < -0.39 is 0 Å². The van der Waals surface area contributed by atoms with Crippen molar-refractivity contribution in [1.82, 2.24) is 19.5 Å². The summed E-state index contributed by atoms with van der Waals surface area (Å²) in [5.41, 5.74) is 0.937. The van der Waals surface area contributed by atoms with Gasteiger partial charge in [0, 0.05) is 18.0 Å². The third-order valence-electron chi connectivity index (χ3n) is 1.97. The summed E-state index contributed by atoms with van der Waals surface area (Å²) in [6.45, 7) is 2.02. The molecule has 0 fully saturated rings. The molecule has 2 heterocycles. The molecule has 0 aromatic carbocycles. The number of imidazole rings is 1. The molecule has 0 saturated heterocycles. The highest BCUT2D eigenvalue weighted by atomic mass is 35.5. The second-order valence-corrected chi connectivity index (χ2v) is 3.15. The molecular weight excluding hydrogens is 200 g/mol. The molecule has 5 heteroatoms.